The van der Waals surface area contributed by atoms with Crippen molar-refractivity contribution < 1.29 is 9.53 Å². The third-order valence-corrected chi connectivity index (χ3v) is 6.88. The molecule has 2 unspecified atom stereocenters. The van der Waals surface area contributed by atoms with Crippen molar-refractivity contribution in [1.29, 1.82) is 0 Å². The lowest BCUT2D eigenvalue weighted by Crippen LogP contribution is -2.61. The smallest absolute Gasteiger partial charge is 0.241 e. The largest absolute Gasteiger partial charge is 0.376 e. The van der Waals surface area contributed by atoms with Gasteiger partial charge in [0.15, 0.2) is 5.11 Å². The number of carbonyl (C=O) groups excluding carboxylic acids is 1. The van der Waals surface area contributed by atoms with Gasteiger partial charge in [-0.3, -0.25) is 10.1 Å². The van der Waals surface area contributed by atoms with Gasteiger partial charge in [0, 0.05) is 45.1 Å². The monoisotopic (exact) mass is 430 g/mol. The number of hydrogen-bond acceptors (Lipinski definition) is 4. The van der Waals surface area contributed by atoms with Crippen molar-refractivity contribution in [2.75, 3.05) is 26.2 Å². The minimum Gasteiger partial charge on any atom is -0.376 e. The van der Waals surface area contributed by atoms with Gasteiger partial charge >= 0.3 is 0 Å². The van der Waals surface area contributed by atoms with E-state index < -0.39 is 0 Å². The van der Waals surface area contributed by atoms with Crippen LogP contribution < -0.4 is 10.6 Å². The van der Waals surface area contributed by atoms with E-state index in [4.69, 9.17) is 17.0 Å². The minimum atomic E-state index is -0.299. The molecule has 2 atom stereocenters. The summed E-state index contributed by atoms with van der Waals surface area (Å²) in [7, 11) is 0. The fraction of sp³-hybridized carbons (Fsp3) is 0.652. The zero-order chi connectivity index (χ0) is 21.1. The van der Waals surface area contributed by atoms with Crippen molar-refractivity contribution in [3.63, 3.8) is 0 Å². The molecule has 1 aromatic rings. The molecule has 30 heavy (non-hydrogen) atoms. The summed E-state index contributed by atoms with van der Waals surface area (Å²) in [4.78, 5) is 17.8. The average molecular weight is 431 g/mol. The third kappa shape index (κ3) is 4.63. The van der Waals surface area contributed by atoms with Gasteiger partial charge in [-0.25, -0.2) is 0 Å². The number of likely N-dealkylation sites (tertiary alicyclic amines) is 1. The lowest BCUT2D eigenvalue weighted by atomic mass is 9.95. The molecule has 6 nitrogen and oxygen atoms in total. The fourth-order valence-electron chi connectivity index (χ4n) is 4.94. The zero-order valence-electron chi connectivity index (χ0n) is 18.1. The van der Waals surface area contributed by atoms with Gasteiger partial charge in [0.2, 0.25) is 5.91 Å². The van der Waals surface area contributed by atoms with Crippen LogP contribution in [0.25, 0.3) is 0 Å². The van der Waals surface area contributed by atoms with E-state index in [0.717, 1.165) is 56.9 Å². The van der Waals surface area contributed by atoms with Gasteiger partial charge in [0.1, 0.15) is 0 Å². The van der Waals surface area contributed by atoms with Crippen LogP contribution >= 0.6 is 12.2 Å². The van der Waals surface area contributed by atoms with Gasteiger partial charge in [0.25, 0.3) is 0 Å². The van der Waals surface area contributed by atoms with Crippen LogP contribution in [0.1, 0.15) is 45.1 Å². The molecule has 0 aromatic heterocycles. The number of hydrogen-bond donors (Lipinski definition) is 2. The second-order valence-electron chi connectivity index (χ2n) is 9.09. The summed E-state index contributed by atoms with van der Waals surface area (Å²) in [6.07, 6.45) is 4.75. The Hall–Kier alpha value is -1.70. The van der Waals surface area contributed by atoms with Crippen LogP contribution in [0.4, 0.5) is 0 Å². The highest BCUT2D eigenvalue weighted by Gasteiger charge is 2.52. The van der Waals surface area contributed by atoms with Gasteiger partial charge < -0.3 is 19.9 Å². The maximum absolute atomic E-state index is 13.5. The summed E-state index contributed by atoms with van der Waals surface area (Å²) in [5, 5.41) is 7.92. The molecule has 4 rings (SSSR count). The van der Waals surface area contributed by atoms with Crippen molar-refractivity contribution in [1.82, 2.24) is 20.4 Å². The van der Waals surface area contributed by atoms with Gasteiger partial charge in [-0.2, -0.15) is 0 Å². The van der Waals surface area contributed by atoms with E-state index in [1.807, 2.05) is 18.2 Å². The Kier molecular flexibility index (Phi) is 6.60. The predicted octanol–water partition coefficient (Wildman–Crippen LogP) is 2.28. The molecule has 1 spiro atoms. The molecule has 0 saturated carbocycles. The highest BCUT2D eigenvalue weighted by Crippen LogP contribution is 2.34. The van der Waals surface area contributed by atoms with Crippen LogP contribution in [0.15, 0.2) is 30.3 Å². The van der Waals surface area contributed by atoms with Crippen molar-refractivity contribution in [3.05, 3.63) is 35.9 Å². The summed E-state index contributed by atoms with van der Waals surface area (Å²) in [6, 6.07) is 10.4. The van der Waals surface area contributed by atoms with E-state index in [1.165, 1.54) is 5.56 Å². The van der Waals surface area contributed by atoms with E-state index in [2.05, 4.69) is 46.4 Å². The first-order valence-electron chi connectivity index (χ1n) is 11.3. The second kappa shape index (κ2) is 9.20. The number of ether oxygens (including phenoxy) is 1. The lowest BCUT2D eigenvalue weighted by molar-refractivity contribution is -0.135. The van der Waals surface area contributed by atoms with E-state index in [9.17, 15) is 4.79 Å². The van der Waals surface area contributed by atoms with E-state index in [-0.39, 0.29) is 23.7 Å². The molecule has 3 heterocycles. The number of thiocarbonyl (C=S) groups is 1. The van der Waals surface area contributed by atoms with E-state index in [0.29, 0.717) is 12.6 Å². The number of rotatable bonds is 5. The van der Waals surface area contributed by atoms with Crippen molar-refractivity contribution in [3.8, 4) is 0 Å². The molecule has 0 radical (unpaired) electrons. The Balaban J connectivity index is 1.48. The van der Waals surface area contributed by atoms with Gasteiger partial charge in [-0.1, -0.05) is 30.3 Å². The maximum atomic E-state index is 13.5. The zero-order valence-corrected chi connectivity index (χ0v) is 18.9. The third-order valence-electron chi connectivity index (χ3n) is 6.51. The van der Waals surface area contributed by atoms with Gasteiger partial charge in [0.05, 0.1) is 17.8 Å². The van der Waals surface area contributed by atoms with Crippen LogP contribution in [-0.4, -0.2) is 70.9 Å². The minimum absolute atomic E-state index is 0.157. The van der Waals surface area contributed by atoms with Crippen LogP contribution in [0.3, 0.4) is 0 Å². The molecule has 3 saturated heterocycles. The average Bonchev–Trinajstić information content (AvgIpc) is 3.32. The normalized spacial score (nSPS) is 26.0. The Morgan fingerprint density at radius 1 is 1.30 bits per heavy atom. The first-order chi connectivity index (χ1) is 14.5. The van der Waals surface area contributed by atoms with E-state index >= 15 is 0 Å². The van der Waals surface area contributed by atoms with Crippen LogP contribution in [0, 0.1) is 0 Å². The number of amides is 1. The van der Waals surface area contributed by atoms with Crippen molar-refractivity contribution in [2.45, 2.75) is 69.8 Å². The molecule has 3 fully saturated rings. The first-order valence-corrected chi connectivity index (χ1v) is 11.7. The topological polar surface area (TPSA) is 56.8 Å². The quantitative estimate of drug-likeness (QED) is 0.699. The Labute approximate surface area is 185 Å². The molecule has 2 N–H and O–H groups in total. The van der Waals surface area contributed by atoms with Crippen molar-refractivity contribution in [2.24, 2.45) is 0 Å². The number of carbonyl (C=O) groups is 1. The van der Waals surface area contributed by atoms with Gasteiger partial charge in [-0.15, -0.1) is 0 Å². The van der Waals surface area contributed by atoms with Crippen molar-refractivity contribution >= 4 is 23.2 Å². The van der Waals surface area contributed by atoms with Crippen LogP contribution in [-0.2, 0) is 16.0 Å². The summed E-state index contributed by atoms with van der Waals surface area (Å²) >= 11 is 5.59. The molecular formula is C23H34N4O2S. The molecule has 7 heteroatoms. The molecule has 164 valence electrons. The predicted molar refractivity (Wildman–Crippen MR) is 122 cm³/mol. The molecule has 3 aliphatic heterocycles. The maximum Gasteiger partial charge on any atom is 0.241 e. The molecule has 0 bridgehead atoms. The molecule has 1 amide bonds. The van der Waals surface area contributed by atoms with Gasteiger partial charge in [-0.05, 0) is 50.9 Å². The Morgan fingerprint density at radius 2 is 2.03 bits per heavy atom. The number of nitrogens with one attached hydrogen (secondary N) is 2. The number of nitrogens with zero attached hydrogens (tertiary/aromatic N) is 2. The van der Waals surface area contributed by atoms with Crippen LogP contribution in [0.2, 0.25) is 0 Å². The second-order valence-corrected chi connectivity index (χ2v) is 9.48. The molecule has 3 aliphatic rings. The summed E-state index contributed by atoms with van der Waals surface area (Å²) in [6.45, 7) is 7.39. The SMILES string of the molecule is CC(C)NC(=S)N1CCC2(CC1)NC(Cc1ccccc1)C(=O)N2CC1CCCO1. The molecule has 1 aromatic carbocycles. The summed E-state index contributed by atoms with van der Waals surface area (Å²) < 4.78 is 5.89. The molecule has 0 aliphatic carbocycles. The Morgan fingerprint density at radius 3 is 2.67 bits per heavy atom. The lowest BCUT2D eigenvalue weighted by Gasteiger charge is -2.46. The Bertz CT molecular complexity index is 743. The number of benzene rings is 1. The van der Waals surface area contributed by atoms with Crippen LogP contribution in [0.5, 0.6) is 0 Å². The fourth-order valence-corrected chi connectivity index (χ4v) is 5.36. The highest BCUT2D eigenvalue weighted by molar-refractivity contribution is 7.80. The summed E-state index contributed by atoms with van der Waals surface area (Å²) in [5.41, 5.74) is 0.893. The molecular weight excluding hydrogens is 396 g/mol. The summed E-state index contributed by atoms with van der Waals surface area (Å²) in [5.74, 6) is 0.214. The highest BCUT2D eigenvalue weighted by atomic mass is 32.1. The standard InChI is InChI=1S/C23H34N4O2S/c1-17(2)24-22(30)26-12-10-23(11-13-26)25-20(15-18-7-4-3-5-8-18)21(28)27(23)16-19-9-6-14-29-19/h3-5,7-8,17,19-20,25H,6,9-16H2,1-2H3,(H,24,30). The van der Waals surface area contributed by atoms with E-state index in [1.54, 1.807) is 0 Å². The number of piperidine rings is 1. The first kappa shape index (κ1) is 21.5.